The van der Waals surface area contributed by atoms with Crippen molar-refractivity contribution in [1.82, 2.24) is 0 Å². The van der Waals surface area contributed by atoms with Crippen LogP contribution >= 0.6 is 0 Å². The Balaban J connectivity index is 3.50. The monoisotopic (exact) mass is 220 g/mol. The maximum Gasteiger partial charge on any atom is 0.417 e. The third-order valence-electron chi connectivity index (χ3n) is 2.44. The van der Waals surface area contributed by atoms with E-state index in [1.807, 2.05) is 0 Å². The van der Waals surface area contributed by atoms with E-state index in [2.05, 4.69) is 0 Å². The molecule has 0 heterocycles. The molecule has 0 aromatic heterocycles. The molecule has 15 heavy (non-hydrogen) atoms. The second-order valence-corrected chi connectivity index (χ2v) is 3.52. The number of rotatable bonds is 1. The highest BCUT2D eigenvalue weighted by atomic mass is 19.4. The first-order valence-electron chi connectivity index (χ1n) is 4.64. The van der Waals surface area contributed by atoms with Crippen LogP contribution in [0.25, 0.3) is 0 Å². The van der Waals surface area contributed by atoms with Gasteiger partial charge in [-0.15, -0.1) is 0 Å². The van der Waals surface area contributed by atoms with Gasteiger partial charge in [-0.1, -0.05) is 13.0 Å². The predicted molar refractivity (Wildman–Crippen MR) is 50.3 cm³/mol. The first-order valence-corrected chi connectivity index (χ1v) is 4.64. The molecule has 0 amide bonds. The Labute approximate surface area is 85.9 Å². The summed E-state index contributed by atoms with van der Waals surface area (Å²) in [4.78, 5) is 0. The molecule has 0 atom stereocenters. The van der Waals surface area contributed by atoms with Gasteiger partial charge in [-0.05, 0) is 37.0 Å². The Kier molecular flexibility index (Phi) is 3.07. The van der Waals surface area contributed by atoms with Crippen molar-refractivity contribution in [3.8, 4) is 0 Å². The van der Waals surface area contributed by atoms with Crippen LogP contribution in [0.4, 0.5) is 17.6 Å². The van der Waals surface area contributed by atoms with Crippen molar-refractivity contribution in [2.24, 2.45) is 0 Å². The van der Waals surface area contributed by atoms with Gasteiger partial charge < -0.3 is 0 Å². The van der Waals surface area contributed by atoms with Gasteiger partial charge in [-0.25, -0.2) is 4.39 Å². The molecule has 1 rings (SSSR count). The molecule has 0 unspecified atom stereocenters. The number of aryl methyl sites for hydroxylation is 2. The van der Waals surface area contributed by atoms with Gasteiger partial charge in [0.05, 0.1) is 5.56 Å². The number of benzene rings is 1. The van der Waals surface area contributed by atoms with Crippen LogP contribution in [0.1, 0.15) is 29.2 Å². The molecular formula is C11H12F4. The second-order valence-electron chi connectivity index (χ2n) is 3.52. The van der Waals surface area contributed by atoms with Gasteiger partial charge in [0, 0.05) is 0 Å². The summed E-state index contributed by atoms with van der Waals surface area (Å²) in [7, 11) is 0. The largest absolute Gasteiger partial charge is 0.417 e. The highest BCUT2D eigenvalue weighted by Gasteiger charge is 2.35. The summed E-state index contributed by atoms with van der Waals surface area (Å²) in [6.07, 6.45) is -4.09. The minimum atomic E-state index is -4.48. The number of hydrogen-bond acceptors (Lipinski definition) is 0. The van der Waals surface area contributed by atoms with Gasteiger partial charge in [0.2, 0.25) is 0 Å². The van der Waals surface area contributed by atoms with E-state index < -0.39 is 17.6 Å². The van der Waals surface area contributed by atoms with E-state index in [1.165, 1.54) is 19.9 Å². The molecule has 0 bridgehead atoms. The maximum absolute atomic E-state index is 13.5. The molecule has 84 valence electrons. The lowest BCUT2D eigenvalue weighted by Gasteiger charge is -2.16. The van der Waals surface area contributed by atoms with Crippen LogP contribution in [-0.2, 0) is 12.6 Å². The molecule has 0 saturated heterocycles. The van der Waals surface area contributed by atoms with Crippen molar-refractivity contribution in [3.05, 3.63) is 34.1 Å². The Morgan fingerprint density at radius 2 is 1.73 bits per heavy atom. The first-order chi connectivity index (χ1) is 6.79. The fourth-order valence-corrected chi connectivity index (χ4v) is 1.74. The number of hydrogen-bond donors (Lipinski definition) is 0. The van der Waals surface area contributed by atoms with Crippen LogP contribution in [0.3, 0.4) is 0 Å². The summed E-state index contributed by atoms with van der Waals surface area (Å²) < 4.78 is 51.1. The van der Waals surface area contributed by atoms with Crippen molar-refractivity contribution in [1.29, 1.82) is 0 Å². The lowest BCUT2D eigenvalue weighted by molar-refractivity contribution is -0.138. The van der Waals surface area contributed by atoms with Crippen molar-refractivity contribution < 1.29 is 17.6 Å². The molecule has 0 radical (unpaired) electrons. The molecule has 1 aromatic rings. The third-order valence-corrected chi connectivity index (χ3v) is 2.44. The Bertz CT molecular complexity index is 377. The van der Waals surface area contributed by atoms with Gasteiger partial charge >= 0.3 is 6.18 Å². The van der Waals surface area contributed by atoms with Gasteiger partial charge in [0.1, 0.15) is 5.82 Å². The SMILES string of the molecule is CCc1cc(C)c(C(F)(F)F)c(C)c1F. The van der Waals surface area contributed by atoms with Crippen molar-refractivity contribution >= 4 is 0 Å². The standard InChI is InChI=1S/C11H12F4/c1-4-8-5-6(2)9(11(13,14)15)7(3)10(8)12/h5H,4H2,1-3H3. The molecule has 1 aromatic carbocycles. The summed E-state index contributed by atoms with van der Waals surface area (Å²) in [5.41, 5.74) is -0.743. The van der Waals surface area contributed by atoms with Crippen LogP contribution in [0, 0.1) is 19.7 Å². The van der Waals surface area contributed by atoms with Crippen molar-refractivity contribution in [2.45, 2.75) is 33.4 Å². The van der Waals surface area contributed by atoms with Crippen LogP contribution in [0.2, 0.25) is 0 Å². The summed E-state index contributed by atoms with van der Waals surface area (Å²) in [5.74, 6) is -0.740. The summed E-state index contributed by atoms with van der Waals surface area (Å²) in [6.45, 7) is 4.24. The molecule has 0 aliphatic heterocycles. The van der Waals surface area contributed by atoms with Crippen LogP contribution in [0.15, 0.2) is 6.07 Å². The predicted octanol–water partition coefficient (Wildman–Crippen LogP) is 4.02. The van der Waals surface area contributed by atoms with E-state index in [0.29, 0.717) is 12.0 Å². The minimum absolute atomic E-state index is 0.0817. The summed E-state index contributed by atoms with van der Waals surface area (Å²) in [6, 6.07) is 1.27. The minimum Gasteiger partial charge on any atom is -0.206 e. The van der Waals surface area contributed by atoms with Gasteiger partial charge in [-0.3, -0.25) is 0 Å². The first kappa shape index (κ1) is 12.0. The summed E-state index contributed by atoms with van der Waals surface area (Å²) >= 11 is 0. The van der Waals surface area contributed by atoms with Gasteiger partial charge in [-0.2, -0.15) is 13.2 Å². The topological polar surface area (TPSA) is 0 Å². The molecule has 0 spiro atoms. The maximum atomic E-state index is 13.5. The quantitative estimate of drug-likeness (QED) is 0.627. The van der Waals surface area contributed by atoms with Gasteiger partial charge in [0.25, 0.3) is 0 Å². The van der Waals surface area contributed by atoms with E-state index in [9.17, 15) is 17.6 Å². The Morgan fingerprint density at radius 3 is 2.13 bits per heavy atom. The van der Waals surface area contributed by atoms with E-state index in [4.69, 9.17) is 0 Å². The average molecular weight is 220 g/mol. The fourth-order valence-electron chi connectivity index (χ4n) is 1.74. The zero-order valence-electron chi connectivity index (χ0n) is 8.80. The van der Waals surface area contributed by atoms with Crippen LogP contribution in [0.5, 0.6) is 0 Å². The average Bonchev–Trinajstić information content (AvgIpc) is 2.09. The number of alkyl halides is 3. The molecule has 0 nitrogen and oxygen atoms in total. The van der Waals surface area contributed by atoms with E-state index in [0.717, 1.165) is 0 Å². The van der Waals surface area contributed by atoms with Crippen molar-refractivity contribution in [3.63, 3.8) is 0 Å². The zero-order chi connectivity index (χ0) is 11.8. The molecule has 0 N–H and O–H groups in total. The van der Waals surface area contributed by atoms with E-state index in [-0.39, 0.29) is 11.1 Å². The summed E-state index contributed by atoms with van der Waals surface area (Å²) in [5, 5.41) is 0. The molecule has 0 aliphatic rings. The van der Waals surface area contributed by atoms with Crippen molar-refractivity contribution in [2.75, 3.05) is 0 Å². The zero-order valence-corrected chi connectivity index (χ0v) is 8.80. The molecule has 0 saturated carbocycles. The molecule has 0 aliphatic carbocycles. The highest BCUT2D eigenvalue weighted by Crippen LogP contribution is 2.36. The fraction of sp³-hybridized carbons (Fsp3) is 0.455. The lowest BCUT2D eigenvalue weighted by Crippen LogP contribution is -2.12. The molecule has 0 fully saturated rings. The van der Waals surface area contributed by atoms with Crippen LogP contribution < -0.4 is 0 Å². The lowest BCUT2D eigenvalue weighted by atomic mass is 9.97. The number of halogens is 4. The molecule has 4 heteroatoms. The highest BCUT2D eigenvalue weighted by molar-refractivity contribution is 5.41. The second kappa shape index (κ2) is 3.83. The Morgan fingerprint density at radius 1 is 1.20 bits per heavy atom. The smallest absolute Gasteiger partial charge is 0.206 e. The van der Waals surface area contributed by atoms with E-state index in [1.54, 1.807) is 6.92 Å². The van der Waals surface area contributed by atoms with E-state index >= 15 is 0 Å². The third kappa shape index (κ3) is 2.13. The molecular weight excluding hydrogens is 208 g/mol. The van der Waals surface area contributed by atoms with Gasteiger partial charge in [0.15, 0.2) is 0 Å². The van der Waals surface area contributed by atoms with Crippen LogP contribution in [-0.4, -0.2) is 0 Å². The normalized spacial score (nSPS) is 11.9. The Hall–Kier alpha value is -1.06.